The van der Waals surface area contributed by atoms with Crippen LogP contribution in [0.3, 0.4) is 0 Å². The minimum Gasteiger partial charge on any atom is -0.315 e. The summed E-state index contributed by atoms with van der Waals surface area (Å²) in [6, 6.07) is 0. The van der Waals surface area contributed by atoms with E-state index in [0.717, 1.165) is 12.4 Å². The van der Waals surface area contributed by atoms with Crippen molar-refractivity contribution in [2.75, 3.05) is 12.4 Å². The van der Waals surface area contributed by atoms with Gasteiger partial charge in [-0.25, -0.2) is 0 Å². The van der Waals surface area contributed by atoms with E-state index in [-0.39, 0.29) is 0 Å². The third-order valence-electron chi connectivity index (χ3n) is 1.10. The summed E-state index contributed by atoms with van der Waals surface area (Å²) < 4.78 is 5.22. The quantitative estimate of drug-likeness (QED) is 0.321. The number of hydrogen-bond acceptors (Lipinski definition) is 2. The number of rotatable bonds is 7. The van der Waals surface area contributed by atoms with Crippen molar-refractivity contribution >= 4 is 12.0 Å². The molecule has 0 aromatic rings. The van der Waals surface area contributed by atoms with Crippen LogP contribution >= 0.6 is 12.0 Å². The molecule has 0 amide bonds. The van der Waals surface area contributed by atoms with Crippen molar-refractivity contribution in [2.24, 2.45) is 0 Å². The van der Waals surface area contributed by atoms with Crippen LogP contribution in [0.1, 0.15) is 26.2 Å². The fraction of sp³-hybridized carbons (Fsp3) is 0.750. The minimum atomic E-state index is 0.881. The molecule has 0 spiro atoms. The SMILES string of the molecule is C=CCSOCCCCC. The van der Waals surface area contributed by atoms with Crippen molar-refractivity contribution in [1.82, 2.24) is 0 Å². The first-order chi connectivity index (χ1) is 4.91. The monoisotopic (exact) mass is 160 g/mol. The lowest BCUT2D eigenvalue weighted by atomic mass is 10.3. The Bertz CT molecular complexity index is 73.7. The highest BCUT2D eigenvalue weighted by molar-refractivity contribution is 7.94. The maximum atomic E-state index is 5.22. The molecule has 0 saturated heterocycles. The van der Waals surface area contributed by atoms with Crippen LogP contribution in [0.4, 0.5) is 0 Å². The second-order valence-electron chi connectivity index (χ2n) is 2.10. The first-order valence-electron chi connectivity index (χ1n) is 3.77. The summed E-state index contributed by atoms with van der Waals surface area (Å²) in [6.07, 6.45) is 5.56. The van der Waals surface area contributed by atoms with Gasteiger partial charge in [0, 0.05) is 5.75 Å². The summed E-state index contributed by atoms with van der Waals surface area (Å²) in [4.78, 5) is 0. The maximum absolute atomic E-state index is 5.22. The van der Waals surface area contributed by atoms with Crippen LogP contribution in [0.5, 0.6) is 0 Å². The average Bonchev–Trinajstić information content (AvgIpc) is 1.97. The summed E-state index contributed by atoms with van der Waals surface area (Å²) in [7, 11) is 0. The Morgan fingerprint density at radius 2 is 2.30 bits per heavy atom. The first-order valence-corrected chi connectivity index (χ1v) is 4.68. The van der Waals surface area contributed by atoms with Crippen molar-refractivity contribution < 1.29 is 4.18 Å². The average molecular weight is 160 g/mol. The van der Waals surface area contributed by atoms with Gasteiger partial charge in [-0.1, -0.05) is 25.8 Å². The van der Waals surface area contributed by atoms with Crippen LogP contribution < -0.4 is 0 Å². The molecule has 1 nitrogen and oxygen atoms in total. The topological polar surface area (TPSA) is 9.23 Å². The highest BCUT2D eigenvalue weighted by Gasteiger charge is 1.86. The molecule has 10 heavy (non-hydrogen) atoms. The first kappa shape index (κ1) is 10.0. The van der Waals surface area contributed by atoms with E-state index in [1.54, 1.807) is 0 Å². The Kier molecular flexibility index (Phi) is 9.10. The van der Waals surface area contributed by atoms with Crippen LogP contribution in [-0.2, 0) is 4.18 Å². The molecule has 60 valence electrons. The summed E-state index contributed by atoms with van der Waals surface area (Å²) in [6.45, 7) is 6.67. The predicted molar refractivity (Wildman–Crippen MR) is 48.1 cm³/mol. The molecule has 0 fully saturated rings. The van der Waals surface area contributed by atoms with Gasteiger partial charge >= 0.3 is 0 Å². The summed E-state index contributed by atoms with van der Waals surface area (Å²) in [5.41, 5.74) is 0. The Morgan fingerprint density at radius 3 is 2.90 bits per heavy atom. The molecule has 0 rings (SSSR count). The van der Waals surface area contributed by atoms with E-state index in [0.29, 0.717) is 0 Å². The Balaban J connectivity index is 2.70. The molecule has 0 aliphatic carbocycles. The molecule has 0 aromatic heterocycles. The maximum Gasteiger partial charge on any atom is 0.0614 e. The molecule has 0 heterocycles. The van der Waals surface area contributed by atoms with Gasteiger partial charge in [-0.2, -0.15) is 0 Å². The van der Waals surface area contributed by atoms with Crippen molar-refractivity contribution in [1.29, 1.82) is 0 Å². The van der Waals surface area contributed by atoms with E-state index in [9.17, 15) is 0 Å². The van der Waals surface area contributed by atoms with E-state index in [1.807, 2.05) is 6.08 Å². The van der Waals surface area contributed by atoms with Crippen molar-refractivity contribution in [3.63, 3.8) is 0 Å². The Hall–Kier alpha value is 0.0500. The van der Waals surface area contributed by atoms with Gasteiger partial charge in [0.2, 0.25) is 0 Å². The lowest BCUT2D eigenvalue weighted by Crippen LogP contribution is -1.86. The van der Waals surface area contributed by atoms with E-state index in [4.69, 9.17) is 4.18 Å². The van der Waals surface area contributed by atoms with Crippen LogP contribution in [0.2, 0.25) is 0 Å². The highest BCUT2D eigenvalue weighted by atomic mass is 32.2. The van der Waals surface area contributed by atoms with E-state index in [1.165, 1.54) is 31.3 Å². The fourth-order valence-electron chi connectivity index (χ4n) is 0.566. The molecule has 0 radical (unpaired) electrons. The number of hydrogen-bond donors (Lipinski definition) is 0. The van der Waals surface area contributed by atoms with E-state index < -0.39 is 0 Å². The molecule has 0 bridgehead atoms. The predicted octanol–water partition coefficient (Wildman–Crippen LogP) is 3.03. The fourth-order valence-corrected chi connectivity index (χ4v) is 0.994. The lowest BCUT2D eigenvalue weighted by molar-refractivity contribution is 0.359. The van der Waals surface area contributed by atoms with Gasteiger partial charge < -0.3 is 4.18 Å². The second-order valence-corrected chi connectivity index (χ2v) is 2.91. The van der Waals surface area contributed by atoms with Gasteiger partial charge in [0.25, 0.3) is 0 Å². The molecule has 0 N–H and O–H groups in total. The van der Waals surface area contributed by atoms with Crippen LogP contribution in [0, 0.1) is 0 Å². The smallest absolute Gasteiger partial charge is 0.0614 e. The molecule has 0 unspecified atom stereocenters. The number of unbranched alkanes of at least 4 members (excludes halogenated alkanes) is 2. The van der Waals surface area contributed by atoms with Crippen LogP contribution in [0.15, 0.2) is 12.7 Å². The molecular formula is C8H16OS. The summed E-state index contributed by atoms with van der Waals surface area (Å²) in [5.74, 6) is 0.895. The zero-order chi connectivity index (χ0) is 7.66. The third-order valence-corrected chi connectivity index (χ3v) is 1.81. The van der Waals surface area contributed by atoms with Gasteiger partial charge in [-0.05, 0) is 18.5 Å². The highest BCUT2D eigenvalue weighted by Crippen LogP contribution is 2.04. The van der Waals surface area contributed by atoms with Crippen molar-refractivity contribution in [2.45, 2.75) is 26.2 Å². The largest absolute Gasteiger partial charge is 0.315 e. The second kappa shape index (κ2) is 9.05. The van der Waals surface area contributed by atoms with E-state index >= 15 is 0 Å². The minimum absolute atomic E-state index is 0.881. The summed E-state index contributed by atoms with van der Waals surface area (Å²) in [5, 5.41) is 0. The van der Waals surface area contributed by atoms with Crippen molar-refractivity contribution in [3.8, 4) is 0 Å². The van der Waals surface area contributed by atoms with Gasteiger partial charge in [0.05, 0.1) is 6.61 Å². The third kappa shape index (κ3) is 8.05. The van der Waals surface area contributed by atoms with Gasteiger partial charge in [-0.15, -0.1) is 6.58 Å². The van der Waals surface area contributed by atoms with Crippen molar-refractivity contribution in [3.05, 3.63) is 12.7 Å². The lowest BCUT2D eigenvalue weighted by Gasteiger charge is -1.98. The molecular weight excluding hydrogens is 144 g/mol. The van der Waals surface area contributed by atoms with Gasteiger partial charge in [0.15, 0.2) is 0 Å². The Labute approximate surface area is 68.0 Å². The molecule has 2 heteroatoms. The molecule has 0 saturated carbocycles. The van der Waals surface area contributed by atoms with Crippen LogP contribution in [0.25, 0.3) is 0 Å². The van der Waals surface area contributed by atoms with Gasteiger partial charge in [-0.3, -0.25) is 0 Å². The zero-order valence-electron chi connectivity index (χ0n) is 6.64. The van der Waals surface area contributed by atoms with Gasteiger partial charge in [0.1, 0.15) is 0 Å². The summed E-state index contributed by atoms with van der Waals surface area (Å²) >= 11 is 1.49. The van der Waals surface area contributed by atoms with E-state index in [2.05, 4.69) is 13.5 Å². The Morgan fingerprint density at radius 1 is 1.50 bits per heavy atom. The standard InChI is InChI=1S/C8H16OS/c1-3-5-6-7-9-10-8-4-2/h4H,2-3,5-8H2,1H3. The molecule has 0 atom stereocenters. The zero-order valence-corrected chi connectivity index (χ0v) is 7.45. The molecule has 0 aromatic carbocycles. The molecule has 0 aliphatic heterocycles. The normalized spacial score (nSPS) is 9.70. The molecule has 0 aliphatic rings. The van der Waals surface area contributed by atoms with Crippen LogP contribution in [-0.4, -0.2) is 12.4 Å².